The van der Waals surface area contributed by atoms with E-state index in [0.717, 1.165) is 0 Å². The third-order valence-electron chi connectivity index (χ3n) is 2.90. The van der Waals surface area contributed by atoms with E-state index in [2.05, 4.69) is 4.72 Å². The average Bonchev–Trinajstić information content (AvgIpc) is 2.44. The van der Waals surface area contributed by atoms with E-state index in [1.54, 1.807) is 25.1 Å². The van der Waals surface area contributed by atoms with Crippen LogP contribution < -0.4 is 15.2 Å². The molecule has 0 aliphatic rings. The van der Waals surface area contributed by atoms with Gasteiger partial charge in [-0.25, -0.2) is 13.1 Å². The maximum atomic E-state index is 12.5. The lowest BCUT2D eigenvalue weighted by Gasteiger charge is -2.16. The molecule has 1 unspecified atom stereocenters. The van der Waals surface area contributed by atoms with Gasteiger partial charge in [0.15, 0.2) is 0 Å². The second kappa shape index (κ2) is 8.33. The first kappa shape index (κ1) is 17.9. The maximum absolute atomic E-state index is 12.5. The van der Waals surface area contributed by atoms with Gasteiger partial charge in [0.2, 0.25) is 10.0 Å². The van der Waals surface area contributed by atoms with Crippen LogP contribution in [0.15, 0.2) is 23.1 Å². The molecule has 0 bridgehead atoms. The molecule has 0 amide bonds. The fourth-order valence-electron chi connectivity index (χ4n) is 1.95. The molecule has 1 rings (SSSR count). The first-order chi connectivity index (χ1) is 9.94. The predicted molar refractivity (Wildman–Crippen MR) is 82.0 cm³/mol. The second-order valence-electron chi connectivity index (χ2n) is 4.69. The smallest absolute Gasteiger partial charge is 0.241 e. The quantitative estimate of drug-likeness (QED) is 0.706. The van der Waals surface area contributed by atoms with Crippen LogP contribution >= 0.6 is 0 Å². The highest BCUT2D eigenvalue weighted by Crippen LogP contribution is 2.22. The molecule has 1 atom stereocenters. The number of benzene rings is 1. The van der Waals surface area contributed by atoms with Gasteiger partial charge in [-0.1, -0.05) is 0 Å². The molecule has 6 nitrogen and oxygen atoms in total. The van der Waals surface area contributed by atoms with E-state index in [-0.39, 0.29) is 10.9 Å². The van der Waals surface area contributed by atoms with Crippen LogP contribution in [0.5, 0.6) is 5.75 Å². The minimum absolute atomic E-state index is 0.233. The highest BCUT2D eigenvalue weighted by molar-refractivity contribution is 7.89. The molecule has 0 fully saturated rings. The Morgan fingerprint density at radius 2 is 2.10 bits per heavy atom. The molecule has 7 heteroatoms. The Labute approximate surface area is 126 Å². The summed E-state index contributed by atoms with van der Waals surface area (Å²) >= 11 is 0. The molecule has 1 aromatic rings. The minimum Gasteiger partial charge on any atom is -0.497 e. The van der Waals surface area contributed by atoms with Gasteiger partial charge in [-0.15, -0.1) is 0 Å². The second-order valence-corrected chi connectivity index (χ2v) is 6.38. The molecule has 0 radical (unpaired) electrons. The van der Waals surface area contributed by atoms with Crippen molar-refractivity contribution in [2.45, 2.75) is 31.2 Å². The number of methoxy groups -OCH3 is 1. The van der Waals surface area contributed by atoms with Crippen LogP contribution in [-0.2, 0) is 21.2 Å². The lowest BCUT2D eigenvalue weighted by molar-refractivity contribution is 0.133. The molecule has 3 N–H and O–H groups in total. The number of hydrogen-bond donors (Lipinski definition) is 2. The molecule has 120 valence electrons. The number of nitrogens with one attached hydrogen (secondary N) is 1. The van der Waals surface area contributed by atoms with E-state index < -0.39 is 10.0 Å². The van der Waals surface area contributed by atoms with Crippen molar-refractivity contribution >= 4 is 10.0 Å². The van der Waals surface area contributed by atoms with Crippen molar-refractivity contribution in [2.75, 3.05) is 26.9 Å². The molecule has 0 saturated carbocycles. The Hall–Kier alpha value is -1.15. The lowest BCUT2D eigenvalue weighted by Crippen LogP contribution is -2.36. The Kier molecular flexibility index (Phi) is 7.10. The van der Waals surface area contributed by atoms with Gasteiger partial charge in [-0.2, -0.15) is 0 Å². The van der Waals surface area contributed by atoms with E-state index >= 15 is 0 Å². The first-order valence-corrected chi connectivity index (χ1v) is 8.40. The molecule has 1 aromatic carbocycles. The summed E-state index contributed by atoms with van der Waals surface area (Å²) in [7, 11) is -2.07. The summed E-state index contributed by atoms with van der Waals surface area (Å²) in [6.45, 7) is 4.87. The normalized spacial score (nSPS) is 13.1. The van der Waals surface area contributed by atoms with E-state index in [1.807, 2.05) is 6.92 Å². The number of hydrogen-bond acceptors (Lipinski definition) is 5. The zero-order valence-electron chi connectivity index (χ0n) is 12.8. The van der Waals surface area contributed by atoms with Crippen LogP contribution in [0.2, 0.25) is 0 Å². The van der Waals surface area contributed by atoms with Crippen LogP contribution in [0.1, 0.15) is 19.4 Å². The van der Waals surface area contributed by atoms with E-state index in [0.29, 0.717) is 37.5 Å². The fourth-order valence-corrected chi connectivity index (χ4v) is 3.43. The summed E-state index contributed by atoms with van der Waals surface area (Å²) in [5, 5.41) is 0. The predicted octanol–water partition coefficient (Wildman–Crippen LogP) is 0.900. The SMILES string of the molecule is CCOCC(C)NS(=O)(=O)c1ccc(OC)cc1CCN. The number of ether oxygens (including phenoxy) is 2. The van der Waals surface area contributed by atoms with E-state index in [1.165, 1.54) is 7.11 Å². The third-order valence-corrected chi connectivity index (χ3v) is 4.59. The monoisotopic (exact) mass is 316 g/mol. The maximum Gasteiger partial charge on any atom is 0.241 e. The van der Waals surface area contributed by atoms with Crippen molar-refractivity contribution in [1.82, 2.24) is 4.72 Å². The van der Waals surface area contributed by atoms with Crippen molar-refractivity contribution < 1.29 is 17.9 Å². The summed E-state index contributed by atoms with van der Waals surface area (Å²) in [6.07, 6.45) is 0.466. The highest BCUT2D eigenvalue weighted by atomic mass is 32.2. The summed E-state index contributed by atoms with van der Waals surface area (Å²) in [6, 6.07) is 4.57. The Bertz CT molecular complexity index is 546. The zero-order chi connectivity index (χ0) is 15.9. The zero-order valence-corrected chi connectivity index (χ0v) is 13.6. The van der Waals surface area contributed by atoms with Crippen molar-refractivity contribution in [2.24, 2.45) is 5.73 Å². The van der Waals surface area contributed by atoms with Crippen molar-refractivity contribution in [1.29, 1.82) is 0 Å². The Balaban J connectivity index is 3.01. The minimum atomic E-state index is -3.61. The van der Waals surface area contributed by atoms with Gasteiger partial charge in [-0.3, -0.25) is 0 Å². The number of sulfonamides is 1. The Morgan fingerprint density at radius 1 is 1.38 bits per heavy atom. The van der Waals surface area contributed by atoms with Crippen LogP contribution in [0.4, 0.5) is 0 Å². The molecule has 0 spiro atoms. The highest BCUT2D eigenvalue weighted by Gasteiger charge is 2.21. The van der Waals surface area contributed by atoms with Gasteiger partial charge in [0, 0.05) is 12.6 Å². The van der Waals surface area contributed by atoms with Crippen molar-refractivity contribution in [3.63, 3.8) is 0 Å². The number of nitrogens with two attached hydrogens (primary N) is 1. The average molecular weight is 316 g/mol. The molecule has 0 aromatic heterocycles. The molecule has 21 heavy (non-hydrogen) atoms. The first-order valence-electron chi connectivity index (χ1n) is 6.91. The summed E-state index contributed by atoms with van der Waals surface area (Å²) < 4.78 is 37.9. The number of rotatable bonds is 9. The van der Waals surface area contributed by atoms with Gasteiger partial charge in [-0.05, 0) is 50.6 Å². The third kappa shape index (κ3) is 5.28. The van der Waals surface area contributed by atoms with Crippen LogP contribution in [0.3, 0.4) is 0 Å². The van der Waals surface area contributed by atoms with Crippen molar-refractivity contribution in [3.05, 3.63) is 23.8 Å². The topological polar surface area (TPSA) is 90.6 Å². The summed E-state index contributed by atoms with van der Waals surface area (Å²) in [5.41, 5.74) is 6.20. The molecular weight excluding hydrogens is 292 g/mol. The van der Waals surface area contributed by atoms with Gasteiger partial charge >= 0.3 is 0 Å². The fraction of sp³-hybridized carbons (Fsp3) is 0.571. The molecule has 0 saturated heterocycles. The van der Waals surface area contributed by atoms with Gasteiger partial charge < -0.3 is 15.2 Å². The molecule has 0 aliphatic carbocycles. The van der Waals surface area contributed by atoms with E-state index in [4.69, 9.17) is 15.2 Å². The summed E-state index contributed by atoms with van der Waals surface area (Å²) in [4.78, 5) is 0.233. The van der Waals surface area contributed by atoms with E-state index in [9.17, 15) is 8.42 Å². The molecule has 0 heterocycles. The van der Waals surface area contributed by atoms with Gasteiger partial charge in [0.05, 0.1) is 18.6 Å². The van der Waals surface area contributed by atoms with Gasteiger partial charge in [0.25, 0.3) is 0 Å². The molecule has 0 aliphatic heterocycles. The Morgan fingerprint density at radius 3 is 2.67 bits per heavy atom. The van der Waals surface area contributed by atoms with Crippen LogP contribution in [0.25, 0.3) is 0 Å². The molecular formula is C14H24N2O4S. The van der Waals surface area contributed by atoms with Crippen LogP contribution in [0, 0.1) is 0 Å². The van der Waals surface area contributed by atoms with Crippen molar-refractivity contribution in [3.8, 4) is 5.75 Å². The summed E-state index contributed by atoms with van der Waals surface area (Å²) in [5.74, 6) is 0.611. The van der Waals surface area contributed by atoms with Crippen LogP contribution in [-0.4, -0.2) is 41.3 Å². The van der Waals surface area contributed by atoms with Gasteiger partial charge in [0.1, 0.15) is 5.75 Å². The standard InChI is InChI=1S/C14H24N2O4S/c1-4-20-10-11(2)16-21(17,18)14-6-5-13(19-3)9-12(14)7-8-15/h5-6,9,11,16H,4,7-8,10,15H2,1-3H3. The largest absolute Gasteiger partial charge is 0.497 e. The lowest BCUT2D eigenvalue weighted by atomic mass is 10.1.